The SMILES string of the molecule is CC1CC(=O)N(c2cncc(C(=O)O)c2)C1=O. The van der Waals surface area contributed by atoms with Gasteiger partial charge in [-0.15, -0.1) is 0 Å². The molecule has 6 nitrogen and oxygen atoms in total. The molecule has 0 spiro atoms. The molecule has 0 aromatic carbocycles. The minimum absolute atomic E-state index is 0.0531. The molecule has 1 fully saturated rings. The molecular formula is C11H10N2O4. The van der Waals surface area contributed by atoms with Crippen LogP contribution in [0.3, 0.4) is 0 Å². The number of aromatic carboxylic acids is 1. The Balaban J connectivity index is 2.40. The Kier molecular flexibility index (Phi) is 2.63. The average molecular weight is 234 g/mol. The van der Waals surface area contributed by atoms with Gasteiger partial charge in [-0.25, -0.2) is 9.69 Å². The normalized spacial score (nSPS) is 19.8. The summed E-state index contributed by atoms with van der Waals surface area (Å²) in [4.78, 5) is 38.8. The van der Waals surface area contributed by atoms with Crippen LogP contribution in [0.15, 0.2) is 18.5 Å². The molecule has 1 aromatic heterocycles. The van der Waals surface area contributed by atoms with Crippen molar-refractivity contribution in [2.45, 2.75) is 13.3 Å². The molecule has 2 amide bonds. The predicted molar refractivity (Wildman–Crippen MR) is 57.5 cm³/mol. The van der Waals surface area contributed by atoms with Crippen molar-refractivity contribution in [3.63, 3.8) is 0 Å². The number of imide groups is 1. The third kappa shape index (κ3) is 1.89. The summed E-state index contributed by atoms with van der Waals surface area (Å²) in [5.74, 6) is -2.16. The minimum Gasteiger partial charge on any atom is -0.478 e. The van der Waals surface area contributed by atoms with Gasteiger partial charge < -0.3 is 5.11 Å². The number of pyridine rings is 1. The van der Waals surface area contributed by atoms with Gasteiger partial charge in [0.2, 0.25) is 11.8 Å². The van der Waals surface area contributed by atoms with E-state index in [4.69, 9.17) is 5.11 Å². The summed E-state index contributed by atoms with van der Waals surface area (Å²) in [5, 5.41) is 8.81. The molecule has 0 bridgehead atoms. The number of aromatic nitrogens is 1. The van der Waals surface area contributed by atoms with E-state index in [2.05, 4.69) is 4.98 Å². The van der Waals surface area contributed by atoms with Gasteiger partial charge in [-0.1, -0.05) is 6.92 Å². The van der Waals surface area contributed by atoms with Gasteiger partial charge in [0.25, 0.3) is 0 Å². The van der Waals surface area contributed by atoms with E-state index in [0.29, 0.717) is 0 Å². The first-order valence-corrected chi connectivity index (χ1v) is 5.06. The molecule has 1 N–H and O–H groups in total. The molecule has 2 heterocycles. The molecule has 17 heavy (non-hydrogen) atoms. The molecule has 6 heteroatoms. The third-order valence-corrected chi connectivity index (χ3v) is 2.60. The van der Waals surface area contributed by atoms with Gasteiger partial charge in [-0.2, -0.15) is 0 Å². The smallest absolute Gasteiger partial charge is 0.337 e. The number of carboxylic acid groups (broad SMARTS) is 1. The Morgan fingerprint density at radius 1 is 1.47 bits per heavy atom. The third-order valence-electron chi connectivity index (χ3n) is 2.60. The maximum absolute atomic E-state index is 11.7. The van der Waals surface area contributed by atoms with Crippen molar-refractivity contribution < 1.29 is 19.5 Å². The number of nitrogens with zero attached hydrogens (tertiary/aromatic N) is 2. The van der Waals surface area contributed by atoms with Crippen LogP contribution in [-0.2, 0) is 9.59 Å². The Morgan fingerprint density at radius 3 is 2.71 bits per heavy atom. The minimum atomic E-state index is -1.15. The standard InChI is InChI=1S/C11H10N2O4/c1-6-2-9(14)13(10(6)15)8-3-7(11(16)17)4-12-5-8/h3-6H,2H2,1H3,(H,16,17). The summed E-state index contributed by atoms with van der Waals surface area (Å²) < 4.78 is 0. The van der Waals surface area contributed by atoms with Gasteiger partial charge in [0.15, 0.2) is 0 Å². The topological polar surface area (TPSA) is 87.6 Å². The molecular weight excluding hydrogens is 224 g/mol. The fourth-order valence-electron chi connectivity index (χ4n) is 1.72. The number of amides is 2. The maximum atomic E-state index is 11.7. The summed E-state index contributed by atoms with van der Waals surface area (Å²) in [6.07, 6.45) is 2.62. The van der Waals surface area contributed by atoms with Crippen LogP contribution in [0.5, 0.6) is 0 Å². The van der Waals surface area contributed by atoms with Crippen molar-refractivity contribution in [3.8, 4) is 0 Å². The second kappa shape index (κ2) is 3.97. The van der Waals surface area contributed by atoms with Crippen molar-refractivity contribution in [3.05, 3.63) is 24.0 Å². The molecule has 1 aliphatic rings. The molecule has 1 saturated heterocycles. The highest BCUT2D eigenvalue weighted by atomic mass is 16.4. The van der Waals surface area contributed by atoms with Crippen LogP contribution in [0.2, 0.25) is 0 Å². The van der Waals surface area contributed by atoms with Gasteiger partial charge in [-0.05, 0) is 6.07 Å². The first-order valence-electron chi connectivity index (χ1n) is 5.06. The van der Waals surface area contributed by atoms with Crippen LogP contribution in [0.1, 0.15) is 23.7 Å². The number of carbonyl (C=O) groups is 3. The number of hydrogen-bond donors (Lipinski definition) is 1. The van der Waals surface area contributed by atoms with E-state index in [1.54, 1.807) is 6.92 Å². The van der Waals surface area contributed by atoms with Crippen molar-refractivity contribution >= 4 is 23.5 Å². The average Bonchev–Trinajstić information content (AvgIpc) is 2.53. The summed E-state index contributed by atoms with van der Waals surface area (Å²) in [5.41, 5.74) is 0.159. The van der Waals surface area contributed by atoms with Crippen LogP contribution in [-0.4, -0.2) is 27.9 Å². The van der Waals surface area contributed by atoms with Crippen molar-refractivity contribution in [1.82, 2.24) is 4.98 Å². The lowest BCUT2D eigenvalue weighted by Crippen LogP contribution is -2.30. The monoisotopic (exact) mass is 234 g/mol. The van der Waals surface area contributed by atoms with Crippen LogP contribution < -0.4 is 4.90 Å². The predicted octanol–water partition coefficient (Wildman–Crippen LogP) is 0.679. The second-order valence-electron chi connectivity index (χ2n) is 3.91. The van der Waals surface area contributed by atoms with E-state index in [9.17, 15) is 14.4 Å². The summed E-state index contributed by atoms with van der Waals surface area (Å²) >= 11 is 0. The van der Waals surface area contributed by atoms with Gasteiger partial charge in [0.05, 0.1) is 17.4 Å². The first kappa shape index (κ1) is 11.3. The van der Waals surface area contributed by atoms with Crippen LogP contribution >= 0.6 is 0 Å². The molecule has 1 atom stereocenters. The van der Waals surface area contributed by atoms with E-state index in [1.165, 1.54) is 18.5 Å². The van der Waals surface area contributed by atoms with Crippen molar-refractivity contribution in [2.24, 2.45) is 5.92 Å². The molecule has 88 valence electrons. The Labute approximate surface area is 96.9 Å². The van der Waals surface area contributed by atoms with Crippen molar-refractivity contribution in [1.29, 1.82) is 0 Å². The number of hydrogen-bond acceptors (Lipinski definition) is 4. The van der Waals surface area contributed by atoms with E-state index < -0.39 is 5.97 Å². The van der Waals surface area contributed by atoms with Crippen LogP contribution in [0.4, 0.5) is 5.69 Å². The Hall–Kier alpha value is -2.24. The van der Waals surface area contributed by atoms with E-state index in [0.717, 1.165) is 4.90 Å². The summed E-state index contributed by atoms with van der Waals surface area (Å²) in [6.45, 7) is 1.66. The van der Waals surface area contributed by atoms with Crippen molar-refractivity contribution in [2.75, 3.05) is 4.90 Å². The van der Waals surface area contributed by atoms with Crippen LogP contribution in [0.25, 0.3) is 0 Å². The number of carbonyl (C=O) groups excluding carboxylic acids is 2. The van der Waals surface area contributed by atoms with E-state index in [1.807, 2.05) is 0 Å². The van der Waals surface area contributed by atoms with Gasteiger partial charge in [0.1, 0.15) is 0 Å². The number of anilines is 1. The quantitative estimate of drug-likeness (QED) is 0.760. The lowest BCUT2D eigenvalue weighted by atomic mass is 10.1. The summed E-state index contributed by atoms with van der Waals surface area (Å²) in [7, 11) is 0. The molecule has 1 aliphatic heterocycles. The number of rotatable bonds is 2. The first-order chi connectivity index (χ1) is 8.00. The lowest BCUT2D eigenvalue weighted by molar-refractivity contribution is -0.122. The maximum Gasteiger partial charge on any atom is 0.337 e. The molecule has 0 aliphatic carbocycles. The lowest BCUT2D eigenvalue weighted by Gasteiger charge is -2.13. The van der Waals surface area contributed by atoms with E-state index in [-0.39, 0.29) is 35.4 Å². The molecule has 2 rings (SSSR count). The largest absolute Gasteiger partial charge is 0.478 e. The zero-order valence-corrected chi connectivity index (χ0v) is 9.08. The highest BCUT2D eigenvalue weighted by molar-refractivity contribution is 6.20. The van der Waals surface area contributed by atoms with E-state index >= 15 is 0 Å². The molecule has 1 unspecified atom stereocenters. The van der Waals surface area contributed by atoms with Gasteiger partial charge in [0, 0.05) is 18.5 Å². The number of carboxylic acids is 1. The fourth-order valence-corrected chi connectivity index (χ4v) is 1.72. The zero-order chi connectivity index (χ0) is 12.6. The molecule has 1 aromatic rings. The van der Waals surface area contributed by atoms with Gasteiger partial charge in [-0.3, -0.25) is 14.6 Å². The highest BCUT2D eigenvalue weighted by Gasteiger charge is 2.36. The Bertz CT molecular complexity index is 512. The summed E-state index contributed by atoms with van der Waals surface area (Å²) in [6, 6.07) is 1.27. The van der Waals surface area contributed by atoms with Crippen LogP contribution in [0, 0.1) is 5.92 Å². The second-order valence-corrected chi connectivity index (χ2v) is 3.91. The highest BCUT2D eigenvalue weighted by Crippen LogP contribution is 2.25. The molecule has 0 saturated carbocycles. The zero-order valence-electron chi connectivity index (χ0n) is 9.08. The molecule has 0 radical (unpaired) electrons. The fraction of sp³-hybridized carbons (Fsp3) is 0.273. The Morgan fingerprint density at radius 2 is 2.18 bits per heavy atom. The van der Waals surface area contributed by atoms with Gasteiger partial charge >= 0.3 is 5.97 Å².